The summed E-state index contributed by atoms with van der Waals surface area (Å²) in [6.45, 7) is 4.88. The topological polar surface area (TPSA) is 100 Å². The Labute approximate surface area is 260 Å². The maximum absolute atomic E-state index is 14.1. The number of nitrogens with one attached hydrogen (secondary N) is 2. The van der Waals surface area contributed by atoms with Gasteiger partial charge >= 0.3 is 0 Å². The van der Waals surface area contributed by atoms with Gasteiger partial charge in [-0.1, -0.05) is 60.7 Å². The van der Waals surface area contributed by atoms with Crippen LogP contribution in [0.1, 0.15) is 48.2 Å². The van der Waals surface area contributed by atoms with Gasteiger partial charge in [0.05, 0.1) is 24.8 Å². The van der Waals surface area contributed by atoms with Crippen LogP contribution >= 0.6 is 0 Å². The molecule has 0 aromatic heterocycles. The molecular formula is C35H44N4O5. The van der Waals surface area contributed by atoms with Gasteiger partial charge in [0, 0.05) is 52.9 Å². The minimum Gasteiger partial charge on any atom is -0.496 e. The number of methoxy groups -OCH3 is 2. The Morgan fingerprint density at radius 1 is 0.977 bits per heavy atom. The number of likely N-dealkylation sites (N-methyl/N-ethyl adjacent to an activating group) is 1. The van der Waals surface area contributed by atoms with Crippen molar-refractivity contribution in [3.8, 4) is 5.75 Å². The van der Waals surface area contributed by atoms with E-state index in [0.29, 0.717) is 42.9 Å². The van der Waals surface area contributed by atoms with Gasteiger partial charge in [-0.15, -0.1) is 0 Å². The Bertz CT molecular complexity index is 1390. The number of piperidine rings is 1. The smallest absolute Gasteiger partial charge is 0.255 e. The fourth-order valence-corrected chi connectivity index (χ4v) is 6.29. The Balaban J connectivity index is 1.56. The molecule has 0 saturated carbocycles. The average molecular weight is 601 g/mol. The maximum Gasteiger partial charge on any atom is 0.255 e. The van der Waals surface area contributed by atoms with E-state index < -0.39 is 5.41 Å². The van der Waals surface area contributed by atoms with E-state index in [1.807, 2.05) is 74.8 Å². The number of hydrogen-bond acceptors (Lipinski definition) is 6. The summed E-state index contributed by atoms with van der Waals surface area (Å²) >= 11 is 0. The molecule has 0 bridgehead atoms. The lowest BCUT2D eigenvalue weighted by atomic mass is 9.69. The zero-order valence-electron chi connectivity index (χ0n) is 26.5. The van der Waals surface area contributed by atoms with Gasteiger partial charge in [-0.3, -0.25) is 19.3 Å². The molecule has 0 aliphatic carbocycles. The lowest BCUT2D eigenvalue weighted by molar-refractivity contribution is -0.134. The molecule has 4 rings (SSSR count). The summed E-state index contributed by atoms with van der Waals surface area (Å²) in [4.78, 5) is 43.2. The van der Waals surface area contributed by atoms with E-state index in [2.05, 4.69) is 22.5 Å². The number of likely N-dealkylation sites (tertiary alicyclic amines) is 1. The normalized spacial score (nSPS) is 17.8. The van der Waals surface area contributed by atoms with Crippen molar-refractivity contribution in [1.29, 1.82) is 0 Å². The van der Waals surface area contributed by atoms with Gasteiger partial charge in [0.2, 0.25) is 11.8 Å². The summed E-state index contributed by atoms with van der Waals surface area (Å²) in [5.74, 6) is -0.0763. The van der Waals surface area contributed by atoms with Crippen LogP contribution in [-0.2, 0) is 19.7 Å². The second kappa shape index (κ2) is 14.5. The van der Waals surface area contributed by atoms with E-state index in [1.165, 1.54) is 14.0 Å². The van der Waals surface area contributed by atoms with Crippen LogP contribution < -0.4 is 15.4 Å². The van der Waals surface area contributed by atoms with Crippen LogP contribution in [0, 0.1) is 0 Å². The van der Waals surface area contributed by atoms with Crippen LogP contribution in [0.4, 0.5) is 5.69 Å². The molecule has 1 aliphatic rings. The molecule has 3 atom stereocenters. The van der Waals surface area contributed by atoms with Crippen molar-refractivity contribution in [3.63, 3.8) is 0 Å². The van der Waals surface area contributed by atoms with Crippen LogP contribution in [0.25, 0.3) is 0 Å². The second-order valence-electron chi connectivity index (χ2n) is 11.6. The standard InChI is InChI=1S/C35H44N4O5/c1-24(22-35(34(42)38(3)4,26-13-9-7-10-14-26)27-15-11-8-12-16-27)39-20-19-30(32(23-39)44-6)37-33(41)29-21-28(36-25(2)40)17-18-31(29)43-5/h7-18,21,24,30,32H,19-20,22-23H2,1-6H3,(H,36,40)(H,37,41)/t24?,30-,32+/m1/s1. The first-order chi connectivity index (χ1) is 21.1. The van der Waals surface area contributed by atoms with Crippen molar-refractivity contribution in [2.75, 3.05) is 46.7 Å². The predicted octanol–water partition coefficient (Wildman–Crippen LogP) is 4.33. The maximum atomic E-state index is 14.1. The van der Waals surface area contributed by atoms with Crippen LogP contribution in [-0.4, -0.2) is 87.1 Å². The highest BCUT2D eigenvalue weighted by molar-refractivity contribution is 5.99. The monoisotopic (exact) mass is 600 g/mol. The minimum absolute atomic E-state index is 0.0167. The van der Waals surface area contributed by atoms with Crippen LogP contribution in [0.2, 0.25) is 0 Å². The Morgan fingerprint density at radius 2 is 1.59 bits per heavy atom. The lowest BCUT2D eigenvalue weighted by Gasteiger charge is -2.44. The van der Waals surface area contributed by atoms with Gasteiger partial charge in [-0.2, -0.15) is 0 Å². The molecule has 234 valence electrons. The zero-order chi connectivity index (χ0) is 31.9. The first-order valence-corrected chi connectivity index (χ1v) is 15.0. The number of amides is 3. The molecule has 9 nitrogen and oxygen atoms in total. The first-order valence-electron chi connectivity index (χ1n) is 15.0. The molecule has 3 aromatic rings. The van der Waals surface area contributed by atoms with Gasteiger partial charge in [0.15, 0.2) is 0 Å². The third-order valence-electron chi connectivity index (χ3n) is 8.50. The van der Waals surface area contributed by atoms with E-state index in [-0.39, 0.29) is 35.9 Å². The number of anilines is 1. The predicted molar refractivity (Wildman–Crippen MR) is 172 cm³/mol. The van der Waals surface area contributed by atoms with E-state index in [1.54, 1.807) is 30.2 Å². The summed E-state index contributed by atoms with van der Waals surface area (Å²) < 4.78 is 11.3. The molecule has 1 unspecified atom stereocenters. The van der Waals surface area contributed by atoms with Crippen molar-refractivity contribution >= 4 is 23.4 Å². The SMILES string of the molecule is COc1ccc(NC(C)=O)cc1C(=O)N[C@@H]1CCN(C(C)CC(C(=O)N(C)C)(c2ccccc2)c2ccccc2)C[C@@H]1OC. The average Bonchev–Trinajstić information content (AvgIpc) is 3.03. The van der Waals surface area contributed by atoms with Gasteiger partial charge in [-0.05, 0) is 49.1 Å². The summed E-state index contributed by atoms with van der Waals surface area (Å²) in [5.41, 5.74) is 1.88. The van der Waals surface area contributed by atoms with E-state index in [9.17, 15) is 14.4 Å². The molecule has 1 fully saturated rings. The van der Waals surface area contributed by atoms with Gasteiger partial charge < -0.3 is 25.0 Å². The summed E-state index contributed by atoms with van der Waals surface area (Å²) in [7, 11) is 6.78. The van der Waals surface area contributed by atoms with Gasteiger partial charge in [0.25, 0.3) is 5.91 Å². The third kappa shape index (κ3) is 7.11. The quantitative estimate of drug-likeness (QED) is 0.340. The largest absolute Gasteiger partial charge is 0.496 e. The molecule has 9 heteroatoms. The summed E-state index contributed by atoms with van der Waals surface area (Å²) in [5, 5.41) is 5.86. The molecule has 1 aliphatic heterocycles. The Morgan fingerprint density at radius 3 is 2.11 bits per heavy atom. The Hall–Kier alpha value is -4.21. The van der Waals surface area contributed by atoms with Crippen LogP contribution in [0.3, 0.4) is 0 Å². The van der Waals surface area contributed by atoms with Crippen LogP contribution in [0.5, 0.6) is 5.75 Å². The molecular weight excluding hydrogens is 556 g/mol. The van der Waals surface area contributed by atoms with Crippen molar-refractivity contribution in [1.82, 2.24) is 15.1 Å². The molecule has 1 saturated heterocycles. The first kappa shape index (κ1) is 32.7. The molecule has 3 amide bonds. The number of carbonyl (C=O) groups excluding carboxylic acids is 3. The van der Waals surface area contributed by atoms with Crippen molar-refractivity contribution in [2.24, 2.45) is 0 Å². The van der Waals surface area contributed by atoms with Crippen molar-refractivity contribution in [2.45, 2.75) is 50.3 Å². The van der Waals surface area contributed by atoms with E-state index >= 15 is 0 Å². The fourth-order valence-electron chi connectivity index (χ4n) is 6.29. The molecule has 0 spiro atoms. The second-order valence-corrected chi connectivity index (χ2v) is 11.6. The molecule has 0 radical (unpaired) electrons. The van der Waals surface area contributed by atoms with Crippen molar-refractivity contribution in [3.05, 3.63) is 95.6 Å². The fraction of sp³-hybridized carbons (Fsp3) is 0.400. The van der Waals surface area contributed by atoms with Crippen molar-refractivity contribution < 1.29 is 23.9 Å². The zero-order valence-corrected chi connectivity index (χ0v) is 26.5. The highest BCUT2D eigenvalue weighted by atomic mass is 16.5. The van der Waals surface area contributed by atoms with E-state index in [4.69, 9.17) is 9.47 Å². The van der Waals surface area contributed by atoms with Gasteiger partial charge in [-0.25, -0.2) is 0 Å². The van der Waals surface area contributed by atoms with Gasteiger partial charge in [0.1, 0.15) is 11.2 Å². The number of hydrogen-bond donors (Lipinski definition) is 2. The van der Waals surface area contributed by atoms with E-state index in [0.717, 1.165) is 11.1 Å². The molecule has 44 heavy (non-hydrogen) atoms. The molecule has 3 aromatic carbocycles. The Kier molecular flexibility index (Phi) is 10.8. The molecule has 1 heterocycles. The number of rotatable bonds is 11. The summed E-state index contributed by atoms with van der Waals surface area (Å²) in [6.07, 6.45) is 0.957. The number of carbonyl (C=O) groups is 3. The number of benzene rings is 3. The van der Waals surface area contributed by atoms with Crippen LogP contribution in [0.15, 0.2) is 78.9 Å². The highest BCUT2D eigenvalue weighted by Crippen LogP contribution is 2.40. The summed E-state index contributed by atoms with van der Waals surface area (Å²) in [6, 6.07) is 24.8. The number of nitrogens with zero attached hydrogens (tertiary/aromatic N) is 2. The third-order valence-corrected chi connectivity index (χ3v) is 8.50. The minimum atomic E-state index is -0.880. The number of ether oxygens (including phenoxy) is 2. The highest BCUT2D eigenvalue weighted by Gasteiger charge is 2.45. The molecule has 2 N–H and O–H groups in total. The lowest BCUT2D eigenvalue weighted by Crippen LogP contribution is -2.58.